The van der Waals surface area contributed by atoms with Crippen LogP contribution in [0.2, 0.25) is 0 Å². The van der Waals surface area contributed by atoms with E-state index in [4.69, 9.17) is 6.42 Å². The molecule has 1 aromatic heterocycles. The molecule has 0 saturated heterocycles. The summed E-state index contributed by atoms with van der Waals surface area (Å²) in [5, 5.41) is 0. The average Bonchev–Trinajstić information content (AvgIpc) is 2.96. The molecule has 2 aromatic carbocycles. The Morgan fingerprint density at radius 1 is 1.19 bits per heavy atom. The SMILES string of the molecule is C#CCn1/c(=N/S(=O)(=O)c2ccc(C)cc2)sc2cc(CCCC)ccc21. The summed E-state index contributed by atoms with van der Waals surface area (Å²) >= 11 is 1.36. The molecule has 0 aliphatic rings. The first-order valence-corrected chi connectivity index (χ1v) is 11.1. The van der Waals surface area contributed by atoms with E-state index in [0.29, 0.717) is 4.80 Å². The molecule has 0 unspecified atom stereocenters. The van der Waals surface area contributed by atoms with Crippen LogP contribution in [0, 0.1) is 19.3 Å². The van der Waals surface area contributed by atoms with Gasteiger partial charge in [-0.3, -0.25) is 0 Å². The van der Waals surface area contributed by atoms with Gasteiger partial charge in [-0.25, -0.2) is 0 Å². The smallest absolute Gasteiger partial charge is 0.285 e. The quantitative estimate of drug-likeness (QED) is 0.582. The van der Waals surface area contributed by atoms with E-state index in [1.165, 1.54) is 16.9 Å². The Morgan fingerprint density at radius 2 is 1.93 bits per heavy atom. The topological polar surface area (TPSA) is 51.4 Å². The molecule has 0 aliphatic carbocycles. The molecule has 0 bridgehead atoms. The summed E-state index contributed by atoms with van der Waals surface area (Å²) in [4.78, 5) is 0.581. The highest BCUT2D eigenvalue weighted by atomic mass is 32.2. The molecule has 27 heavy (non-hydrogen) atoms. The highest BCUT2D eigenvalue weighted by molar-refractivity contribution is 7.90. The van der Waals surface area contributed by atoms with Crippen molar-refractivity contribution in [3.8, 4) is 12.3 Å². The second-order valence-electron chi connectivity index (χ2n) is 6.46. The molecule has 6 heteroatoms. The van der Waals surface area contributed by atoms with Gasteiger partial charge in [0.1, 0.15) is 0 Å². The summed E-state index contributed by atoms with van der Waals surface area (Å²) in [7, 11) is -3.80. The molecule has 0 amide bonds. The summed E-state index contributed by atoms with van der Waals surface area (Å²) in [6.45, 7) is 4.35. The third kappa shape index (κ3) is 4.32. The highest BCUT2D eigenvalue weighted by Crippen LogP contribution is 2.21. The minimum Gasteiger partial charge on any atom is -0.304 e. The molecule has 0 saturated carbocycles. The molecule has 3 aromatic rings. The van der Waals surface area contributed by atoms with Crippen molar-refractivity contribution in [3.05, 3.63) is 58.4 Å². The van der Waals surface area contributed by atoms with Crippen LogP contribution < -0.4 is 4.80 Å². The van der Waals surface area contributed by atoms with Crippen LogP contribution in [-0.2, 0) is 23.0 Å². The molecular formula is C21H22N2O2S2. The van der Waals surface area contributed by atoms with E-state index in [0.717, 1.165) is 35.0 Å². The standard InChI is InChI=1S/C21H22N2O2S2/c1-4-6-7-17-10-13-19-20(15-17)26-21(23(19)14-5-2)22-27(24,25)18-11-8-16(3)9-12-18/h2,8-13,15H,4,6-7,14H2,1,3H3/b22-21-. The first kappa shape index (κ1) is 19.4. The Bertz CT molecular complexity index is 1160. The lowest BCUT2D eigenvalue weighted by atomic mass is 10.1. The minimum atomic E-state index is -3.80. The van der Waals surface area contributed by atoms with Crippen LogP contribution in [0.1, 0.15) is 30.9 Å². The van der Waals surface area contributed by atoms with Crippen molar-refractivity contribution in [1.29, 1.82) is 0 Å². The van der Waals surface area contributed by atoms with Crippen molar-refractivity contribution in [3.63, 3.8) is 0 Å². The number of benzene rings is 2. The number of nitrogens with zero attached hydrogens (tertiary/aromatic N) is 2. The number of unbranched alkanes of at least 4 members (excludes halogenated alkanes) is 1. The van der Waals surface area contributed by atoms with Gasteiger partial charge in [-0.05, 0) is 49.6 Å². The van der Waals surface area contributed by atoms with Crippen LogP contribution >= 0.6 is 11.3 Å². The van der Waals surface area contributed by atoms with Gasteiger partial charge in [0.15, 0.2) is 0 Å². The number of aryl methyl sites for hydroxylation is 2. The lowest BCUT2D eigenvalue weighted by molar-refractivity contribution is 0.596. The minimum absolute atomic E-state index is 0.182. The van der Waals surface area contributed by atoms with Crippen molar-refractivity contribution < 1.29 is 8.42 Å². The fraction of sp³-hybridized carbons (Fsp3) is 0.286. The molecule has 0 aliphatic heterocycles. The van der Waals surface area contributed by atoms with Gasteiger partial charge in [0, 0.05) is 0 Å². The van der Waals surface area contributed by atoms with Crippen LogP contribution in [0.4, 0.5) is 0 Å². The maximum Gasteiger partial charge on any atom is 0.285 e. The van der Waals surface area contributed by atoms with Gasteiger partial charge in [0.05, 0.1) is 21.7 Å². The predicted octanol–water partition coefficient (Wildman–Crippen LogP) is 4.28. The fourth-order valence-corrected chi connectivity index (χ4v) is 5.13. The Balaban J connectivity index is 2.14. The number of thiazole rings is 1. The lowest BCUT2D eigenvalue weighted by Crippen LogP contribution is -2.16. The largest absolute Gasteiger partial charge is 0.304 e. The van der Waals surface area contributed by atoms with Crippen molar-refractivity contribution in [2.24, 2.45) is 4.40 Å². The van der Waals surface area contributed by atoms with Crippen LogP contribution in [0.15, 0.2) is 51.8 Å². The summed E-state index contributed by atoms with van der Waals surface area (Å²) in [5.74, 6) is 2.60. The summed E-state index contributed by atoms with van der Waals surface area (Å²) in [5.41, 5.74) is 3.15. The third-order valence-corrected chi connectivity index (χ3v) is 6.77. The Kier molecular flexibility index (Phi) is 5.83. The van der Waals surface area contributed by atoms with Crippen molar-refractivity contribution in [2.75, 3.05) is 0 Å². The first-order valence-electron chi connectivity index (χ1n) is 8.88. The number of fused-ring (bicyclic) bond motifs is 1. The number of hydrogen-bond donors (Lipinski definition) is 0. The van der Waals surface area contributed by atoms with E-state index in [2.05, 4.69) is 29.4 Å². The van der Waals surface area contributed by atoms with Crippen LogP contribution in [0.5, 0.6) is 0 Å². The van der Waals surface area contributed by atoms with E-state index in [9.17, 15) is 8.42 Å². The maximum atomic E-state index is 12.7. The predicted molar refractivity (Wildman–Crippen MR) is 111 cm³/mol. The Labute approximate surface area is 164 Å². The first-order chi connectivity index (χ1) is 12.9. The molecule has 0 N–H and O–H groups in total. The number of rotatable bonds is 6. The van der Waals surface area contributed by atoms with Gasteiger partial charge < -0.3 is 4.57 Å². The maximum absolute atomic E-state index is 12.7. The van der Waals surface area contributed by atoms with E-state index in [1.807, 2.05) is 13.0 Å². The molecule has 0 atom stereocenters. The average molecular weight is 399 g/mol. The second-order valence-corrected chi connectivity index (χ2v) is 9.07. The van der Waals surface area contributed by atoms with Crippen LogP contribution in [-0.4, -0.2) is 13.0 Å². The molecule has 0 radical (unpaired) electrons. The van der Waals surface area contributed by atoms with Gasteiger partial charge in [-0.15, -0.1) is 10.8 Å². The second kappa shape index (κ2) is 8.12. The van der Waals surface area contributed by atoms with Gasteiger partial charge in [0.25, 0.3) is 10.0 Å². The monoisotopic (exact) mass is 398 g/mol. The Hall–Kier alpha value is -2.36. The van der Waals surface area contributed by atoms with Crippen LogP contribution in [0.3, 0.4) is 0 Å². The van der Waals surface area contributed by atoms with Crippen molar-refractivity contribution in [1.82, 2.24) is 4.57 Å². The summed E-state index contributed by atoms with van der Waals surface area (Å²) in [6, 6.07) is 12.9. The van der Waals surface area contributed by atoms with Gasteiger partial charge in [-0.1, -0.05) is 54.4 Å². The van der Waals surface area contributed by atoms with Crippen LogP contribution in [0.25, 0.3) is 10.2 Å². The van der Waals surface area contributed by atoms with E-state index in [1.54, 1.807) is 28.8 Å². The zero-order valence-corrected chi connectivity index (χ0v) is 17.1. The molecule has 3 rings (SSSR count). The van der Waals surface area contributed by atoms with E-state index >= 15 is 0 Å². The van der Waals surface area contributed by atoms with Gasteiger partial charge in [0.2, 0.25) is 4.80 Å². The van der Waals surface area contributed by atoms with Gasteiger partial charge >= 0.3 is 0 Å². The zero-order chi connectivity index (χ0) is 19.4. The molecular weight excluding hydrogens is 376 g/mol. The van der Waals surface area contributed by atoms with Crippen molar-refractivity contribution in [2.45, 2.75) is 44.6 Å². The molecule has 1 heterocycles. The zero-order valence-electron chi connectivity index (χ0n) is 15.5. The number of sulfonamides is 1. The summed E-state index contributed by atoms with van der Waals surface area (Å²) < 4.78 is 32.3. The fourth-order valence-electron chi connectivity index (χ4n) is 2.83. The number of hydrogen-bond acceptors (Lipinski definition) is 3. The van der Waals surface area contributed by atoms with Gasteiger partial charge in [-0.2, -0.15) is 8.42 Å². The Morgan fingerprint density at radius 3 is 2.59 bits per heavy atom. The third-order valence-electron chi connectivity index (χ3n) is 4.33. The molecule has 4 nitrogen and oxygen atoms in total. The van der Waals surface area contributed by atoms with E-state index in [-0.39, 0.29) is 11.4 Å². The molecule has 0 fully saturated rings. The number of aromatic nitrogens is 1. The molecule has 0 spiro atoms. The van der Waals surface area contributed by atoms with E-state index < -0.39 is 10.0 Å². The lowest BCUT2D eigenvalue weighted by Gasteiger charge is -2.03. The number of terminal acetylenes is 1. The summed E-state index contributed by atoms with van der Waals surface area (Å²) in [6.07, 6.45) is 8.78. The molecule has 140 valence electrons. The van der Waals surface area contributed by atoms with Crippen molar-refractivity contribution >= 4 is 31.6 Å². The normalized spacial score (nSPS) is 12.4. The highest BCUT2D eigenvalue weighted by Gasteiger charge is 2.14.